The lowest BCUT2D eigenvalue weighted by Gasteiger charge is -2.15. The molecule has 3 aromatic rings. The Morgan fingerprint density at radius 1 is 1.22 bits per heavy atom. The number of carbonyl (C=O) groups is 2. The van der Waals surface area contributed by atoms with Crippen LogP contribution in [0.4, 0.5) is 0 Å². The molecule has 0 aliphatic heterocycles. The first-order valence-electron chi connectivity index (χ1n) is 8.19. The summed E-state index contributed by atoms with van der Waals surface area (Å²) in [4.78, 5) is 28.3. The third-order valence-electron chi connectivity index (χ3n) is 4.11. The fourth-order valence-electron chi connectivity index (χ4n) is 2.71. The molecule has 0 saturated carbocycles. The molecule has 27 heavy (non-hydrogen) atoms. The lowest BCUT2D eigenvalue weighted by Crippen LogP contribution is -2.42. The van der Waals surface area contributed by atoms with Gasteiger partial charge in [-0.05, 0) is 29.8 Å². The highest BCUT2D eigenvalue weighted by molar-refractivity contribution is 6.32. The summed E-state index contributed by atoms with van der Waals surface area (Å²) >= 11 is 6.08. The summed E-state index contributed by atoms with van der Waals surface area (Å²) in [5, 5.41) is 13.2. The Hall–Kier alpha value is -3.12. The number of carboxylic acid groups (broad SMARTS) is 1. The molecule has 0 unspecified atom stereocenters. The maximum absolute atomic E-state index is 12.5. The van der Waals surface area contributed by atoms with E-state index in [1.165, 1.54) is 13.3 Å². The van der Waals surface area contributed by atoms with Crippen molar-refractivity contribution >= 4 is 34.4 Å². The quantitative estimate of drug-likeness (QED) is 0.680. The molecule has 3 rings (SSSR count). The zero-order valence-electron chi connectivity index (χ0n) is 14.5. The average Bonchev–Trinajstić information content (AvgIpc) is 2.67. The predicted molar refractivity (Wildman–Crippen MR) is 102 cm³/mol. The van der Waals surface area contributed by atoms with Crippen LogP contribution in [0, 0.1) is 0 Å². The Morgan fingerprint density at radius 2 is 2.00 bits per heavy atom. The van der Waals surface area contributed by atoms with Crippen LogP contribution in [0.2, 0.25) is 5.02 Å². The minimum Gasteiger partial charge on any atom is -0.495 e. The largest absolute Gasteiger partial charge is 0.495 e. The van der Waals surface area contributed by atoms with Gasteiger partial charge in [-0.25, -0.2) is 4.79 Å². The van der Waals surface area contributed by atoms with Gasteiger partial charge in [0.2, 0.25) is 0 Å². The van der Waals surface area contributed by atoms with Gasteiger partial charge in [-0.3, -0.25) is 9.78 Å². The number of nitrogens with zero attached hydrogens (tertiary/aromatic N) is 1. The number of nitrogens with one attached hydrogen (secondary N) is 1. The van der Waals surface area contributed by atoms with Crippen molar-refractivity contribution in [1.82, 2.24) is 10.3 Å². The average molecular weight is 385 g/mol. The molecule has 1 aromatic heterocycles. The molecule has 1 heterocycles. The van der Waals surface area contributed by atoms with Gasteiger partial charge in [0.05, 0.1) is 23.2 Å². The van der Waals surface area contributed by atoms with Crippen molar-refractivity contribution in [3.63, 3.8) is 0 Å². The van der Waals surface area contributed by atoms with Crippen LogP contribution in [0.5, 0.6) is 5.75 Å². The number of para-hydroxylation sites is 1. The van der Waals surface area contributed by atoms with Crippen molar-refractivity contribution in [3.8, 4) is 5.75 Å². The number of carboxylic acids is 1. The second kappa shape index (κ2) is 8.05. The summed E-state index contributed by atoms with van der Waals surface area (Å²) in [7, 11) is 1.50. The summed E-state index contributed by atoms with van der Waals surface area (Å²) < 4.78 is 5.08. The van der Waals surface area contributed by atoms with E-state index in [4.69, 9.17) is 16.3 Å². The van der Waals surface area contributed by atoms with Gasteiger partial charge in [-0.15, -0.1) is 0 Å². The second-order valence-corrected chi connectivity index (χ2v) is 6.36. The van der Waals surface area contributed by atoms with Gasteiger partial charge >= 0.3 is 5.97 Å². The van der Waals surface area contributed by atoms with E-state index in [0.29, 0.717) is 21.9 Å². The summed E-state index contributed by atoms with van der Waals surface area (Å²) in [6.07, 6.45) is 1.52. The molecule has 6 nitrogen and oxygen atoms in total. The van der Waals surface area contributed by atoms with Gasteiger partial charge in [0.25, 0.3) is 5.91 Å². The number of hydrogen-bond acceptors (Lipinski definition) is 4. The third kappa shape index (κ3) is 4.35. The number of methoxy groups -OCH3 is 1. The topological polar surface area (TPSA) is 88.5 Å². The van der Waals surface area contributed by atoms with E-state index >= 15 is 0 Å². The number of halogens is 1. The van der Waals surface area contributed by atoms with Crippen LogP contribution >= 0.6 is 11.6 Å². The Labute approximate surface area is 160 Å². The number of aromatic nitrogens is 1. The van der Waals surface area contributed by atoms with Crippen LogP contribution in [0.3, 0.4) is 0 Å². The maximum Gasteiger partial charge on any atom is 0.326 e. The second-order valence-electron chi connectivity index (χ2n) is 5.95. The highest BCUT2D eigenvalue weighted by Crippen LogP contribution is 2.25. The Bertz CT molecular complexity index is 1010. The van der Waals surface area contributed by atoms with E-state index in [2.05, 4.69) is 10.3 Å². The monoisotopic (exact) mass is 384 g/mol. The standard InChI is InChI=1S/C20H17ClN2O4/c1-27-18-7-6-12(8-15(18)21)9-17(20(25)26)23-19(24)14-10-13-4-2-3-5-16(13)22-11-14/h2-8,10-11,17H,9H2,1H3,(H,23,24)(H,25,26)/t17-/m0/s1. The molecule has 0 fully saturated rings. The van der Waals surface area contributed by atoms with Crippen LogP contribution in [-0.4, -0.2) is 35.1 Å². The highest BCUT2D eigenvalue weighted by atomic mass is 35.5. The molecule has 1 amide bonds. The Kier molecular flexibility index (Phi) is 5.57. The molecule has 7 heteroatoms. The van der Waals surface area contributed by atoms with Gasteiger partial charge in [-0.2, -0.15) is 0 Å². The van der Waals surface area contributed by atoms with Crippen LogP contribution in [0.25, 0.3) is 10.9 Å². The molecule has 2 N–H and O–H groups in total. The van der Waals surface area contributed by atoms with Crippen LogP contribution in [0.1, 0.15) is 15.9 Å². The summed E-state index contributed by atoms with van der Waals surface area (Å²) in [6, 6.07) is 13.0. The number of benzene rings is 2. The van der Waals surface area contributed by atoms with E-state index in [9.17, 15) is 14.7 Å². The number of amides is 1. The van der Waals surface area contributed by atoms with Crippen LogP contribution < -0.4 is 10.1 Å². The number of ether oxygens (including phenoxy) is 1. The van der Waals surface area contributed by atoms with Crippen molar-refractivity contribution in [2.24, 2.45) is 0 Å². The molecule has 0 spiro atoms. The highest BCUT2D eigenvalue weighted by Gasteiger charge is 2.22. The molecule has 0 saturated heterocycles. The SMILES string of the molecule is COc1ccc(C[C@H](NC(=O)c2cnc3ccccc3c2)C(=O)O)cc1Cl. The Morgan fingerprint density at radius 3 is 2.70 bits per heavy atom. The first kappa shape index (κ1) is 18.7. The first-order chi connectivity index (χ1) is 13.0. The number of rotatable bonds is 6. The molecule has 0 aliphatic carbocycles. The predicted octanol–water partition coefficient (Wildman–Crippen LogP) is 3.32. The fourth-order valence-corrected chi connectivity index (χ4v) is 2.99. The van der Waals surface area contributed by atoms with E-state index in [0.717, 1.165) is 10.9 Å². The van der Waals surface area contributed by atoms with Crippen LogP contribution in [-0.2, 0) is 11.2 Å². The van der Waals surface area contributed by atoms with E-state index in [1.54, 1.807) is 24.3 Å². The van der Waals surface area contributed by atoms with Gasteiger partial charge in [0.1, 0.15) is 11.8 Å². The molecular weight excluding hydrogens is 368 g/mol. The molecule has 1 atom stereocenters. The number of hydrogen-bond donors (Lipinski definition) is 2. The van der Waals surface area contributed by atoms with Crippen molar-refractivity contribution in [3.05, 3.63) is 70.9 Å². The summed E-state index contributed by atoms with van der Waals surface area (Å²) in [5.74, 6) is -1.14. The van der Waals surface area contributed by atoms with Gasteiger partial charge in [0, 0.05) is 18.0 Å². The minimum atomic E-state index is -1.14. The zero-order chi connectivity index (χ0) is 19.4. The number of aliphatic carboxylic acids is 1. The molecule has 2 aromatic carbocycles. The fraction of sp³-hybridized carbons (Fsp3) is 0.150. The van der Waals surface area contributed by atoms with Gasteiger partial charge < -0.3 is 15.2 Å². The zero-order valence-corrected chi connectivity index (χ0v) is 15.2. The lowest BCUT2D eigenvalue weighted by molar-refractivity contribution is -0.139. The van der Waals surface area contributed by atoms with Gasteiger partial charge in [-0.1, -0.05) is 35.9 Å². The Balaban J connectivity index is 1.77. The van der Waals surface area contributed by atoms with Crippen molar-refractivity contribution < 1.29 is 19.4 Å². The molecule has 138 valence electrons. The van der Waals surface area contributed by atoms with Crippen molar-refractivity contribution in [1.29, 1.82) is 0 Å². The minimum absolute atomic E-state index is 0.0891. The molecule has 0 radical (unpaired) electrons. The molecular formula is C20H17ClN2O4. The van der Waals surface area contributed by atoms with E-state index in [-0.39, 0.29) is 6.42 Å². The molecule has 0 bridgehead atoms. The maximum atomic E-state index is 12.5. The summed E-state index contributed by atoms with van der Waals surface area (Å²) in [6.45, 7) is 0. The molecule has 0 aliphatic rings. The van der Waals surface area contributed by atoms with Gasteiger partial charge in [0.15, 0.2) is 0 Å². The number of carbonyl (C=O) groups excluding carboxylic acids is 1. The third-order valence-corrected chi connectivity index (χ3v) is 4.41. The lowest BCUT2D eigenvalue weighted by atomic mass is 10.0. The smallest absolute Gasteiger partial charge is 0.326 e. The van der Waals surface area contributed by atoms with E-state index < -0.39 is 17.9 Å². The van der Waals surface area contributed by atoms with Crippen LogP contribution in [0.15, 0.2) is 54.7 Å². The number of fused-ring (bicyclic) bond motifs is 1. The van der Waals surface area contributed by atoms with Crippen molar-refractivity contribution in [2.75, 3.05) is 7.11 Å². The summed E-state index contributed by atoms with van der Waals surface area (Å²) in [5.41, 5.74) is 1.73. The normalized spacial score (nSPS) is 11.8. The first-order valence-corrected chi connectivity index (χ1v) is 8.56. The van der Waals surface area contributed by atoms with Crippen molar-refractivity contribution in [2.45, 2.75) is 12.5 Å². The number of pyridine rings is 1. The van der Waals surface area contributed by atoms with E-state index in [1.807, 2.05) is 24.3 Å².